The van der Waals surface area contributed by atoms with Gasteiger partial charge >= 0.3 is 0 Å². The van der Waals surface area contributed by atoms with Crippen LogP contribution in [-0.2, 0) is 26.2 Å². The number of benzene rings is 3. The zero-order chi connectivity index (χ0) is 29.4. The molecule has 3 aromatic rings. The third-order valence-corrected chi connectivity index (χ3v) is 8.83. The van der Waals surface area contributed by atoms with Crippen LogP contribution >= 0.6 is 15.9 Å². The predicted molar refractivity (Wildman–Crippen MR) is 164 cm³/mol. The monoisotopic (exact) mass is 627 g/mol. The van der Waals surface area contributed by atoms with E-state index in [0.29, 0.717) is 12.2 Å². The number of halogens is 1. The highest BCUT2D eigenvalue weighted by molar-refractivity contribution is 9.10. The Bertz CT molecular complexity index is 1390. The van der Waals surface area contributed by atoms with Crippen molar-refractivity contribution in [3.05, 3.63) is 94.5 Å². The lowest BCUT2D eigenvalue weighted by Gasteiger charge is -2.32. The maximum atomic E-state index is 14.0. The summed E-state index contributed by atoms with van der Waals surface area (Å²) >= 11 is 3.46. The Morgan fingerprint density at radius 3 is 2.10 bits per heavy atom. The minimum atomic E-state index is -4.09. The lowest BCUT2D eigenvalue weighted by atomic mass is 10.0. The summed E-state index contributed by atoms with van der Waals surface area (Å²) in [6.07, 6.45) is 0. The maximum absolute atomic E-state index is 14.0. The molecule has 3 rings (SSSR count). The second-order valence-electron chi connectivity index (χ2n) is 10.5. The van der Waals surface area contributed by atoms with Crippen molar-refractivity contribution >= 4 is 43.5 Å². The Morgan fingerprint density at radius 2 is 1.52 bits per heavy atom. The Morgan fingerprint density at radius 1 is 0.875 bits per heavy atom. The van der Waals surface area contributed by atoms with E-state index in [1.165, 1.54) is 17.0 Å². The van der Waals surface area contributed by atoms with Crippen LogP contribution in [0.1, 0.15) is 51.7 Å². The van der Waals surface area contributed by atoms with Gasteiger partial charge in [-0.1, -0.05) is 86.1 Å². The Kier molecular flexibility index (Phi) is 10.9. The average Bonchev–Trinajstić information content (AvgIpc) is 2.93. The van der Waals surface area contributed by atoms with E-state index in [2.05, 4.69) is 35.1 Å². The van der Waals surface area contributed by atoms with Crippen LogP contribution in [0.25, 0.3) is 0 Å². The molecule has 0 spiro atoms. The van der Waals surface area contributed by atoms with Crippen LogP contribution in [0.4, 0.5) is 5.69 Å². The quantitative estimate of drug-likeness (QED) is 0.268. The lowest BCUT2D eigenvalue weighted by Crippen LogP contribution is -2.51. The second-order valence-corrected chi connectivity index (χ2v) is 13.3. The Balaban J connectivity index is 2.01. The third kappa shape index (κ3) is 8.17. The number of hydrogen-bond acceptors (Lipinski definition) is 4. The summed E-state index contributed by atoms with van der Waals surface area (Å²) in [5.41, 5.74) is 2.24. The fourth-order valence-electron chi connectivity index (χ4n) is 4.14. The van der Waals surface area contributed by atoms with Crippen molar-refractivity contribution < 1.29 is 18.0 Å². The summed E-state index contributed by atoms with van der Waals surface area (Å²) in [6.45, 7) is 9.91. The van der Waals surface area contributed by atoms with Gasteiger partial charge in [0.15, 0.2) is 0 Å². The van der Waals surface area contributed by atoms with E-state index in [1.54, 1.807) is 37.3 Å². The number of anilines is 1. The summed E-state index contributed by atoms with van der Waals surface area (Å²) in [5, 5.41) is 2.90. The molecule has 0 saturated heterocycles. The molecule has 40 heavy (non-hydrogen) atoms. The first kappa shape index (κ1) is 31.4. The molecular weight excluding hydrogens is 590 g/mol. The van der Waals surface area contributed by atoms with Crippen LogP contribution in [0.15, 0.2) is 88.2 Å². The molecule has 3 aromatic carbocycles. The maximum Gasteiger partial charge on any atom is 0.264 e. The van der Waals surface area contributed by atoms with Crippen molar-refractivity contribution in [2.24, 2.45) is 5.92 Å². The van der Waals surface area contributed by atoms with Gasteiger partial charge in [-0.3, -0.25) is 13.9 Å². The minimum Gasteiger partial charge on any atom is -0.354 e. The molecule has 0 heterocycles. The first-order valence-corrected chi connectivity index (χ1v) is 15.6. The highest BCUT2D eigenvalue weighted by Gasteiger charge is 2.32. The van der Waals surface area contributed by atoms with Gasteiger partial charge in [-0.05, 0) is 66.3 Å². The highest BCUT2D eigenvalue weighted by Crippen LogP contribution is 2.27. The van der Waals surface area contributed by atoms with E-state index in [9.17, 15) is 18.0 Å². The number of carbonyl (C=O) groups is 2. The summed E-state index contributed by atoms with van der Waals surface area (Å²) < 4.78 is 29.7. The van der Waals surface area contributed by atoms with Crippen molar-refractivity contribution in [1.29, 1.82) is 0 Å². The van der Waals surface area contributed by atoms with E-state index in [4.69, 9.17) is 0 Å². The number of carbonyl (C=O) groups excluding carboxylic acids is 2. The van der Waals surface area contributed by atoms with Crippen LogP contribution in [0.2, 0.25) is 0 Å². The van der Waals surface area contributed by atoms with Crippen molar-refractivity contribution in [2.45, 2.75) is 58.0 Å². The zero-order valence-electron chi connectivity index (χ0n) is 23.7. The predicted octanol–water partition coefficient (Wildman–Crippen LogP) is 5.96. The average molecular weight is 629 g/mol. The van der Waals surface area contributed by atoms with Gasteiger partial charge in [0.2, 0.25) is 11.8 Å². The summed E-state index contributed by atoms with van der Waals surface area (Å²) in [5.74, 6) is -0.276. The molecule has 1 atom stereocenters. The van der Waals surface area contributed by atoms with Gasteiger partial charge in [0.25, 0.3) is 10.0 Å². The van der Waals surface area contributed by atoms with Gasteiger partial charge in [-0.25, -0.2) is 8.42 Å². The molecule has 0 fully saturated rings. The number of rotatable bonds is 12. The molecule has 0 aromatic heterocycles. The smallest absolute Gasteiger partial charge is 0.264 e. The third-order valence-electron chi connectivity index (χ3n) is 6.55. The molecule has 9 heteroatoms. The first-order valence-electron chi connectivity index (χ1n) is 13.4. The van der Waals surface area contributed by atoms with Crippen molar-refractivity contribution in [3.63, 3.8) is 0 Å². The van der Waals surface area contributed by atoms with E-state index in [1.807, 2.05) is 50.2 Å². The molecule has 0 saturated carbocycles. The summed E-state index contributed by atoms with van der Waals surface area (Å²) in [4.78, 5) is 28.6. The molecule has 0 unspecified atom stereocenters. The van der Waals surface area contributed by atoms with E-state index < -0.39 is 28.5 Å². The topological polar surface area (TPSA) is 86.8 Å². The summed E-state index contributed by atoms with van der Waals surface area (Å²) in [7, 11) is -4.09. The van der Waals surface area contributed by atoms with Gasteiger partial charge in [-0.15, -0.1) is 0 Å². The molecule has 1 N–H and O–H groups in total. The highest BCUT2D eigenvalue weighted by atomic mass is 79.9. The summed E-state index contributed by atoms with van der Waals surface area (Å²) in [6, 6.07) is 21.9. The van der Waals surface area contributed by atoms with Crippen molar-refractivity contribution in [1.82, 2.24) is 10.2 Å². The zero-order valence-corrected chi connectivity index (χ0v) is 26.1. The molecule has 0 radical (unpaired) electrons. The van der Waals surface area contributed by atoms with Gasteiger partial charge in [0.05, 0.1) is 10.6 Å². The fraction of sp³-hybridized carbons (Fsp3) is 0.355. The molecule has 0 aliphatic heterocycles. The molecular formula is C31H38BrN3O4S. The molecule has 7 nitrogen and oxygen atoms in total. The molecule has 2 amide bonds. The lowest BCUT2D eigenvalue weighted by molar-refractivity contribution is -0.139. The normalized spacial score (nSPS) is 12.3. The molecule has 214 valence electrons. The van der Waals surface area contributed by atoms with Gasteiger partial charge in [-0.2, -0.15) is 0 Å². The number of nitrogens with zero attached hydrogens (tertiary/aromatic N) is 2. The van der Waals surface area contributed by atoms with Gasteiger partial charge in [0, 0.05) is 17.6 Å². The standard InChI is InChI=1S/C31H38BrN3O4S/c1-22(2)19-33-31(37)24(5)34(20-25-10-9-11-27(32)18-25)30(36)21-35(28-16-14-26(15-17-28)23(3)4)40(38,39)29-12-7-6-8-13-29/h6-18,22-24H,19-21H2,1-5H3,(H,33,37)/t24-/m1/s1. The number of amides is 2. The van der Waals surface area contributed by atoms with Crippen LogP contribution < -0.4 is 9.62 Å². The Labute approximate surface area is 246 Å². The second kappa shape index (κ2) is 13.9. The van der Waals surface area contributed by atoms with E-state index in [-0.39, 0.29) is 29.2 Å². The largest absolute Gasteiger partial charge is 0.354 e. The van der Waals surface area contributed by atoms with Crippen LogP contribution in [-0.4, -0.2) is 44.3 Å². The number of sulfonamides is 1. The van der Waals surface area contributed by atoms with E-state index >= 15 is 0 Å². The Hall–Kier alpha value is -3.17. The van der Waals surface area contributed by atoms with Gasteiger partial charge < -0.3 is 10.2 Å². The molecule has 0 bridgehead atoms. The number of nitrogens with one attached hydrogen (secondary N) is 1. The SMILES string of the molecule is CC(C)CNC(=O)[C@@H](C)N(Cc1cccc(Br)c1)C(=O)CN(c1ccc(C(C)C)cc1)S(=O)(=O)c1ccccc1. The van der Waals surface area contributed by atoms with Gasteiger partial charge in [0.1, 0.15) is 12.6 Å². The van der Waals surface area contributed by atoms with Crippen LogP contribution in [0, 0.1) is 5.92 Å². The molecule has 0 aliphatic rings. The fourth-order valence-corrected chi connectivity index (χ4v) is 6.02. The van der Waals surface area contributed by atoms with Crippen molar-refractivity contribution in [3.8, 4) is 0 Å². The number of hydrogen-bond donors (Lipinski definition) is 1. The van der Waals surface area contributed by atoms with E-state index in [0.717, 1.165) is 19.9 Å². The van der Waals surface area contributed by atoms with Crippen LogP contribution in [0.3, 0.4) is 0 Å². The van der Waals surface area contributed by atoms with Crippen LogP contribution in [0.5, 0.6) is 0 Å². The molecule has 0 aliphatic carbocycles. The first-order chi connectivity index (χ1) is 18.9. The van der Waals surface area contributed by atoms with Crippen molar-refractivity contribution in [2.75, 3.05) is 17.4 Å². The minimum absolute atomic E-state index is 0.0806.